The molecule has 0 N–H and O–H groups in total. The monoisotopic (exact) mass is 194 g/mol. The molecule has 0 aromatic rings. The van der Waals surface area contributed by atoms with Gasteiger partial charge < -0.3 is 4.74 Å². The van der Waals surface area contributed by atoms with Gasteiger partial charge in [-0.05, 0) is 13.0 Å². The van der Waals surface area contributed by atoms with Gasteiger partial charge in [-0.3, -0.25) is 4.90 Å². The Morgan fingerprint density at radius 1 is 1.29 bits per heavy atom. The van der Waals surface area contributed by atoms with Gasteiger partial charge in [0.2, 0.25) is 0 Å². The van der Waals surface area contributed by atoms with Gasteiger partial charge in [-0.15, -0.1) is 12.3 Å². The molecule has 0 aliphatic heterocycles. The topological polar surface area (TPSA) is 36.3 Å². The van der Waals surface area contributed by atoms with Gasteiger partial charge in [-0.2, -0.15) is 5.26 Å². The first kappa shape index (κ1) is 13.0. The molecule has 0 atom stereocenters. The van der Waals surface area contributed by atoms with Gasteiger partial charge >= 0.3 is 0 Å². The number of rotatable bonds is 8. The first-order valence-corrected chi connectivity index (χ1v) is 4.86. The Balaban J connectivity index is 3.62. The number of terminal acetylenes is 1. The SMILES string of the molecule is C#CCCCN(CCC#N)CCOC. The Kier molecular flexibility index (Phi) is 9.31. The lowest BCUT2D eigenvalue weighted by Gasteiger charge is -2.19. The van der Waals surface area contributed by atoms with Crippen molar-refractivity contribution in [2.75, 3.05) is 33.4 Å². The molecule has 0 amide bonds. The fourth-order valence-electron chi connectivity index (χ4n) is 1.17. The normalized spacial score (nSPS) is 9.71. The van der Waals surface area contributed by atoms with Gasteiger partial charge in [0.05, 0.1) is 12.7 Å². The molecule has 0 rings (SSSR count). The Hall–Kier alpha value is -1.03. The van der Waals surface area contributed by atoms with E-state index in [9.17, 15) is 0 Å². The van der Waals surface area contributed by atoms with E-state index in [1.54, 1.807) is 7.11 Å². The minimum atomic E-state index is 0.569. The summed E-state index contributed by atoms with van der Waals surface area (Å²) in [5, 5.41) is 8.47. The van der Waals surface area contributed by atoms with Crippen molar-refractivity contribution >= 4 is 0 Å². The molecule has 0 spiro atoms. The molecular formula is C11H18N2O. The molecule has 0 unspecified atom stereocenters. The third kappa shape index (κ3) is 7.61. The van der Waals surface area contributed by atoms with Crippen molar-refractivity contribution in [2.24, 2.45) is 0 Å². The van der Waals surface area contributed by atoms with Crippen LogP contribution in [0.25, 0.3) is 0 Å². The van der Waals surface area contributed by atoms with E-state index in [1.807, 2.05) is 0 Å². The van der Waals surface area contributed by atoms with Crippen LogP contribution in [0.5, 0.6) is 0 Å². The molecule has 0 aliphatic rings. The average molecular weight is 194 g/mol. The summed E-state index contributed by atoms with van der Waals surface area (Å²) in [6, 6.07) is 2.14. The lowest BCUT2D eigenvalue weighted by atomic mass is 10.3. The smallest absolute Gasteiger partial charge is 0.0635 e. The Bertz CT molecular complexity index is 202. The molecule has 0 saturated carbocycles. The van der Waals surface area contributed by atoms with Crippen molar-refractivity contribution in [3.63, 3.8) is 0 Å². The molecule has 0 radical (unpaired) electrons. The number of hydrogen-bond donors (Lipinski definition) is 0. The summed E-state index contributed by atoms with van der Waals surface area (Å²) in [6.45, 7) is 3.35. The molecular weight excluding hydrogens is 176 g/mol. The molecule has 78 valence electrons. The van der Waals surface area contributed by atoms with Gasteiger partial charge in [0, 0.05) is 33.0 Å². The summed E-state index contributed by atoms with van der Waals surface area (Å²) >= 11 is 0. The van der Waals surface area contributed by atoms with E-state index in [1.165, 1.54) is 0 Å². The molecule has 0 aromatic heterocycles. The van der Waals surface area contributed by atoms with Gasteiger partial charge in [0.25, 0.3) is 0 Å². The second kappa shape index (κ2) is 10.1. The third-order valence-electron chi connectivity index (χ3n) is 1.95. The quantitative estimate of drug-likeness (QED) is 0.431. The van der Waals surface area contributed by atoms with Gasteiger partial charge in [-0.25, -0.2) is 0 Å². The van der Waals surface area contributed by atoms with E-state index in [2.05, 4.69) is 16.9 Å². The van der Waals surface area contributed by atoms with Crippen LogP contribution in [-0.2, 0) is 4.74 Å². The highest BCUT2D eigenvalue weighted by atomic mass is 16.5. The van der Waals surface area contributed by atoms with Crippen molar-refractivity contribution in [1.82, 2.24) is 4.90 Å². The summed E-state index contributed by atoms with van der Waals surface area (Å²) in [5.74, 6) is 2.61. The van der Waals surface area contributed by atoms with Gasteiger partial charge in [0.15, 0.2) is 0 Å². The van der Waals surface area contributed by atoms with Crippen molar-refractivity contribution < 1.29 is 4.74 Å². The number of unbranched alkanes of at least 4 members (excludes halogenated alkanes) is 1. The Labute approximate surface area is 86.7 Å². The molecule has 0 bridgehead atoms. The van der Waals surface area contributed by atoms with Crippen LogP contribution in [0.2, 0.25) is 0 Å². The molecule has 0 saturated heterocycles. The van der Waals surface area contributed by atoms with Gasteiger partial charge in [0.1, 0.15) is 0 Å². The van der Waals surface area contributed by atoms with Crippen LogP contribution in [0, 0.1) is 23.7 Å². The summed E-state index contributed by atoms with van der Waals surface area (Å²) in [5.41, 5.74) is 0. The minimum absolute atomic E-state index is 0.569. The fraction of sp³-hybridized carbons (Fsp3) is 0.727. The van der Waals surface area contributed by atoms with Crippen molar-refractivity contribution in [2.45, 2.75) is 19.3 Å². The average Bonchev–Trinajstić information content (AvgIpc) is 2.21. The maximum atomic E-state index is 8.47. The molecule has 0 heterocycles. The van der Waals surface area contributed by atoms with E-state index in [0.717, 1.165) is 32.5 Å². The van der Waals surface area contributed by atoms with E-state index in [-0.39, 0.29) is 0 Å². The number of nitrogens with zero attached hydrogens (tertiary/aromatic N) is 2. The first-order valence-electron chi connectivity index (χ1n) is 4.86. The molecule has 0 aromatic carbocycles. The van der Waals surface area contributed by atoms with Crippen LogP contribution >= 0.6 is 0 Å². The number of nitriles is 1. The van der Waals surface area contributed by atoms with Crippen LogP contribution in [0.15, 0.2) is 0 Å². The number of methoxy groups -OCH3 is 1. The highest BCUT2D eigenvalue weighted by molar-refractivity contribution is 4.83. The predicted octanol–water partition coefficient (Wildman–Crippen LogP) is 1.26. The molecule has 14 heavy (non-hydrogen) atoms. The van der Waals surface area contributed by atoms with Crippen LogP contribution in [0.1, 0.15) is 19.3 Å². The van der Waals surface area contributed by atoms with E-state index in [4.69, 9.17) is 16.4 Å². The zero-order valence-electron chi connectivity index (χ0n) is 8.83. The zero-order chi connectivity index (χ0) is 10.6. The van der Waals surface area contributed by atoms with Crippen LogP contribution in [-0.4, -0.2) is 38.3 Å². The highest BCUT2D eigenvalue weighted by Crippen LogP contribution is 1.96. The molecule has 3 heteroatoms. The minimum Gasteiger partial charge on any atom is -0.383 e. The van der Waals surface area contributed by atoms with Crippen LogP contribution in [0.4, 0.5) is 0 Å². The van der Waals surface area contributed by atoms with Gasteiger partial charge in [-0.1, -0.05) is 0 Å². The maximum Gasteiger partial charge on any atom is 0.0635 e. The number of ether oxygens (including phenoxy) is 1. The largest absolute Gasteiger partial charge is 0.383 e. The summed E-state index contributed by atoms with van der Waals surface area (Å²) in [4.78, 5) is 2.21. The second-order valence-electron chi connectivity index (χ2n) is 3.05. The predicted molar refractivity (Wildman–Crippen MR) is 56.6 cm³/mol. The first-order chi connectivity index (χ1) is 6.85. The van der Waals surface area contributed by atoms with E-state index >= 15 is 0 Å². The van der Waals surface area contributed by atoms with Crippen molar-refractivity contribution in [3.8, 4) is 18.4 Å². The van der Waals surface area contributed by atoms with Crippen LogP contribution in [0.3, 0.4) is 0 Å². The second-order valence-corrected chi connectivity index (χ2v) is 3.05. The number of hydrogen-bond acceptors (Lipinski definition) is 3. The standard InChI is InChI=1S/C11H18N2O/c1-3-4-5-8-13(9-6-7-12)10-11-14-2/h1H,4-6,8-11H2,2H3. The van der Waals surface area contributed by atoms with E-state index < -0.39 is 0 Å². The van der Waals surface area contributed by atoms with E-state index in [0.29, 0.717) is 13.0 Å². The summed E-state index contributed by atoms with van der Waals surface area (Å²) in [6.07, 6.45) is 7.53. The van der Waals surface area contributed by atoms with Crippen LogP contribution < -0.4 is 0 Å². The lowest BCUT2D eigenvalue weighted by molar-refractivity contribution is 0.148. The molecule has 3 nitrogen and oxygen atoms in total. The fourth-order valence-corrected chi connectivity index (χ4v) is 1.17. The van der Waals surface area contributed by atoms with Crippen molar-refractivity contribution in [1.29, 1.82) is 5.26 Å². The Morgan fingerprint density at radius 2 is 2.07 bits per heavy atom. The van der Waals surface area contributed by atoms with Crippen molar-refractivity contribution in [3.05, 3.63) is 0 Å². The highest BCUT2D eigenvalue weighted by Gasteiger charge is 2.02. The molecule has 0 aliphatic carbocycles. The molecule has 0 fully saturated rings. The third-order valence-corrected chi connectivity index (χ3v) is 1.95. The summed E-state index contributed by atoms with van der Waals surface area (Å²) in [7, 11) is 1.68. The lowest BCUT2D eigenvalue weighted by Crippen LogP contribution is -2.29. The maximum absolute atomic E-state index is 8.47. The Morgan fingerprint density at radius 3 is 2.64 bits per heavy atom. The zero-order valence-corrected chi connectivity index (χ0v) is 8.83. The summed E-state index contributed by atoms with van der Waals surface area (Å²) < 4.78 is 4.99.